The molecule has 0 aliphatic carbocycles. The second-order valence-corrected chi connectivity index (χ2v) is 4.78. The van der Waals surface area contributed by atoms with Crippen LogP contribution in [-0.4, -0.2) is 17.2 Å². The maximum absolute atomic E-state index is 13.4. The highest BCUT2D eigenvalue weighted by atomic mass is 35.5. The summed E-state index contributed by atoms with van der Waals surface area (Å²) in [6.07, 6.45) is 1.45. The molecule has 0 atom stereocenters. The third-order valence-corrected chi connectivity index (χ3v) is 3.33. The third-order valence-electron chi connectivity index (χ3n) is 3.00. The maximum Gasteiger partial charge on any atom is 0.330 e. The summed E-state index contributed by atoms with van der Waals surface area (Å²) < 4.78 is 14.7. The summed E-state index contributed by atoms with van der Waals surface area (Å²) >= 11 is 6.06. The Hall–Kier alpha value is -2.21. The van der Waals surface area contributed by atoms with Crippen molar-refractivity contribution in [1.29, 1.82) is 0 Å². The molecule has 0 bridgehead atoms. The molecule has 4 nitrogen and oxygen atoms in total. The molecule has 0 aliphatic rings. The minimum Gasteiger partial charge on any atom is -0.397 e. The molecule has 2 aromatic heterocycles. The Balaban J connectivity index is 2.44. The number of halogens is 2. The van der Waals surface area contributed by atoms with E-state index in [1.54, 1.807) is 0 Å². The topological polar surface area (TPSA) is 63.3 Å². The zero-order chi connectivity index (χ0) is 14.4. The summed E-state index contributed by atoms with van der Waals surface area (Å²) in [7, 11) is 5.66. The van der Waals surface area contributed by atoms with Gasteiger partial charge < -0.3 is 10.7 Å². The molecule has 0 saturated carbocycles. The first-order valence-electron chi connectivity index (χ1n) is 5.72. The molecular weight excluding hydrogens is 279 g/mol. The summed E-state index contributed by atoms with van der Waals surface area (Å²) in [6.45, 7) is 0. The van der Waals surface area contributed by atoms with Gasteiger partial charge in [0.1, 0.15) is 13.7 Å². The van der Waals surface area contributed by atoms with Gasteiger partial charge in [-0.05, 0) is 24.3 Å². The Bertz CT molecular complexity index is 887. The number of nitrogens with zero attached hydrogens (tertiary/aromatic N) is 1. The average Bonchev–Trinajstić information content (AvgIpc) is 2.70. The molecule has 98 valence electrons. The van der Waals surface area contributed by atoms with E-state index in [0.717, 1.165) is 0 Å². The van der Waals surface area contributed by atoms with Gasteiger partial charge in [0, 0.05) is 11.8 Å². The van der Waals surface area contributed by atoms with Crippen LogP contribution in [0.3, 0.4) is 0 Å². The number of H-pyrrole nitrogens is 1. The average molecular weight is 287 g/mol. The smallest absolute Gasteiger partial charge is 0.330 e. The van der Waals surface area contributed by atoms with E-state index in [0.29, 0.717) is 32.9 Å². The molecule has 3 rings (SSSR count). The van der Waals surface area contributed by atoms with Gasteiger partial charge in [0.05, 0.1) is 21.9 Å². The zero-order valence-electron chi connectivity index (χ0n) is 10.2. The van der Waals surface area contributed by atoms with Gasteiger partial charge in [-0.25, -0.2) is 9.18 Å². The fourth-order valence-corrected chi connectivity index (χ4v) is 2.39. The monoisotopic (exact) mass is 287 g/mol. The number of fused-ring (bicyclic) bond motifs is 1. The van der Waals surface area contributed by atoms with E-state index in [2.05, 4.69) is 4.98 Å². The standard InChI is InChI=1S/C13H8BClFN3O/c14-6-3-10(17)12-11(18-13(20)19(12)5-6)8-4-7(16)1-2-9(8)15/h1-5H,17H2,(H,18,20). The second kappa shape index (κ2) is 4.42. The summed E-state index contributed by atoms with van der Waals surface area (Å²) in [4.78, 5) is 14.6. The maximum atomic E-state index is 13.4. The van der Waals surface area contributed by atoms with Crippen molar-refractivity contribution in [3.05, 3.63) is 51.8 Å². The number of nitrogens with two attached hydrogens (primary N) is 1. The summed E-state index contributed by atoms with van der Waals surface area (Å²) in [5, 5.41) is 0.311. The molecule has 2 heterocycles. The largest absolute Gasteiger partial charge is 0.397 e. The molecule has 3 N–H and O–H groups in total. The Morgan fingerprint density at radius 1 is 1.35 bits per heavy atom. The first kappa shape index (κ1) is 12.8. The number of nitrogens with one attached hydrogen (secondary N) is 1. The lowest BCUT2D eigenvalue weighted by atomic mass is 9.97. The van der Waals surface area contributed by atoms with E-state index < -0.39 is 11.5 Å². The van der Waals surface area contributed by atoms with Gasteiger partial charge in [0.25, 0.3) is 0 Å². The zero-order valence-corrected chi connectivity index (χ0v) is 10.9. The Morgan fingerprint density at radius 2 is 2.10 bits per heavy atom. The highest BCUT2D eigenvalue weighted by Crippen LogP contribution is 2.31. The van der Waals surface area contributed by atoms with Gasteiger partial charge in [-0.15, -0.1) is 0 Å². The van der Waals surface area contributed by atoms with Gasteiger partial charge in [-0.2, -0.15) is 0 Å². The van der Waals surface area contributed by atoms with Crippen molar-refractivity contribution >= 4 is 36.1 Å². The fourth-order valence-electron chi connectivity index (χ4n) is 2.17. The first-order chi connectivity index (χ1) is 9.47. The van der Waals surface area contributed by atoms with Gasteiger partial charge >= 0.3 is 5.69 Å². The van der Waals surface area contributed by atoms with Crippen LogP contribution in [0.25, 0.3) is 16.8 Å². The molecule has 0 spiro atoms. The van der Waals surface area contributed by atoms with Crippen LogP contribution in [0.2, 0.25) is 5.02 Å². The molecule has 7 heteroatoms. The van der Waals surface area contributed by atoms with Gasteiger partial charge in [-0.3, -0.25) is 4.40 Å². The van der Waals surface area contributed by atoms with Crippen LogP contribution in [-0.2, 0) is 0 Å². The van der Waals surface area contributed by atoms with Crippen LogP contribution in [0.15, 0.2) is 35.3 Å². The summed E-state index contributed by atoms with van der Waals surface area (Å²) in [6, 6.07) is 5.42. The quantitative estimate of drug-likeness (QED) is 0.666. The normalized spacial score (nSPS) is 11.1. The van der Waals surface area contributed by atoms with Gasteiger partial charge in [-0.1, -0.05) is 17.1 Å². The number of benzene rings is 1. The van der Waals surface area contributed by atoms with Crippen LogP contribution in [0, 0.1) is 5.82 Å². The van der Waals surface area contributed by atoms with E-state index in [1.807, 2.05) is 0 Å². The highest BCUT2D eigenvalue weighted by Gasteiger charge is 2.15. The van der Waals surface area contributed by atoms with Crippen molar-refractivity contribution in [3.8, 4) is 11.3 Å². The van der Waals surface area contributed by atoms with Crippen LogP contribution in [0.1, 0.15) is 0 Å². The SMILES string of the molecule is [B]c1cc(N)c2c(-c3cc(F)ccc3Cl)[nH]c(=O)n2c1. The van der Waals surface area contributed by atoms with E-state index >= 15 is 0 Å². The van der Waals surface area contributed by atoms with E-state index in [9.17, 15) is 9.18 Å². The fraction of sp³-hybridized carbons (Fsp3) is 0. The Kier molecular flexibility index (Phi) is 2.83. The van der Waals surface area contributed by atoms with Gasteiger partial charge in [0.2, 0.25) is 0 Å². The summed E-state index contributed by atoms with van der Waals surface area (Å²) in [5.41, 5.74) is 7.27. The molecular formula is C13H8BClFN3O. The first-order valence-corrected chi connectivity index (χ1v) is 6.10. The number of aromatic nitrogens is 2. The Labute approximate surface area is 119 Å². The number of aromatic amines is 1. The number of rotatable bonds is 1. The van der Waals surface area contributed by atoms with Crippen LogP contribution < -0.4 is 16.9 Å². The molecule has 0 saturated heterocycles. The van der Waals surface area contributed by atoms with Gasteiger partial charge in [0.15, 0.2) is 0 Å². The predicted octanol–water partition coefficient (Wildman–Crippen LogP) is 1.46. The highest BCUT2D eigenvalue weighted by molar-refractivity contribution is 6.34. The number of hydrogen-bond acceptors (Lipinski definition) is 2. The minimum atomic E-state index is -0.460. The predicted molar refractivity (Wildman–Crippen MR) is 78.2 cm³/mol. The lowest BCUT2D eigenvalue weighted by molar-refractivity contribution is 0.628. The molecule has 20 heavy (non-hydrogen) atoms. The second-order valence-electron chi connectivity index (χ2n) is 4.38. The number of anilines is 1. The van der Waals surface area contributed by atoms with Crippen molar-refractivity contribution < 1.29 is 4.39 Å². The van der Waals surface area contributed by atoms with Crippen molar-refractivity contribution in [1.82, 2.24) is 9.38 Å². The molecule has 0 fully saturated rings. The minimum absolute atomic E-state index is 0.304. The van der Waals surface area contributed by atoms with E-state index in [1.165, 1.54) is 34.9 Å². The Morgan fingerprint density at radius 3 is 2.85 bits per heavy atom. The van der Waals surface area contributed by atoms with E-state index in [4.69, 9.17) is 25.2 Å². The van der Waals surface area contributed by atoms with Crippen LogP contribution in [0.5, 0.6) is 0 Å². The molecule has 2 radical (unpaired) electrons. The number of nitrogen functional groups attached to an aromatic ring is 1. The van der Waals surface area contributed by atoms with Crippen molar-refractivity contribution in [2.75, 3.05) is 5.73 Å². The molecule has 1 aromatic carbocycles. The van der Waals surface area contributed by atoms with Crippen molar-refractivity contribution in [3.63, 3.8) is 0 Å². The van der Waals surface area contributed by atoms with E-state index in [-0.39, 0.29) is 0 Å². The van der Waals surface area contributed by atoms with Crippen LogP contribution in [0.4, 0.5) is 10.1 Å². The number of imidazole rings is 1. The molecule has 3 aromatic rings. The van der Waals surface area contributed by atoms with Crippen LogP contribution >= 0.6 is 11.6 Å². The molecule has 0 unspecified atom stereocenters. The number of hydrogen-bond donors (Lipinski definition) is 2. The lowest BCUT2D eigenvalue weighted by Crippen LogP contribution is -2.15. The summed E-state index contributed by atoms with van der Waals surface area (Å²) in [5.74, 6) is -0.460. The molecule has 0 aliphatic heterocycles. The van der Waals surface area contributed by atoms with Crippen molar-refractivity contribution in [2.24, 2.45) is 0 Å². The number of pyridine rings is 1. The van der Waals surface area contributed by atoms with Crippen molar-refractivity contribution in [2.45, 2.75) is 0 Å². The lowest BCUT2D eigenvalue weighted by Gasteiger charge is -2.06. The third kappa shape index (κ3) is 1.89. The molecule has 0 amide bonds.